The molecule has 4 rings (SSSR count). The van der Waals surface area contributed by atoms with Crippen LogP contribution in [0.3, 0.4) is 0 Å². The predicted molar refractivity (Wildman–Crippen MR) is 117 cm³/mol. The summed E-state index contributed by atoms with van der Waals surface area (Å²) in [5.41, 5.74) is 4.45. The van der Waals surface area contributed by atoms with Gasteiger partial charge in [-0.3, -0.25) is 0 Å². The fourth-order valence-electron chi connectivity index (χ4n) is 5.70. The first-order valence-electron chi connectivity index (χ1n) is 10.7. The van der Waals surface area contributed by atoms with Crippen LogP contribution in [-0.4, -0.2) is 29.6 Å². The fraction of sp³-hybridized carbons (Fsp3) is 0.462. The van der Waals surface area contributed by atoms with Gasteiger partial charge in [-0.25, -0.2) is 0 Å². The highest BCUT2D eigenvalue weighted by Gasteiger charge is 2.54. The van der Waals surface area contributed by atoms with E-state index in [4.69, 9.17) is 0 Å². The number of hydrogen-bond donors (Lipinski definition) is 1. The lowest BCUT2D eigenvalue weighted by Gasteiger charge is -2.58. The number of allylic oxidation sites excluding steroid dienone is 1. The van der Waals surface area contributed by atoms with Gasteiger partial charge in [-0.1, -0.05) is 61.5 Å². The van der Waals surface area contributed by atoms with Crippen LogP contribution < -0.4 is 0 Å². The third kappa shape index (κ3) is 3.63. The van der Waals surface area contributed by atoms with Crippen LogP contribution in [0.2, 0.25) is 0 Å². The third-order valence-electron chi connectivity index (χ3n) is 7.35. The molecule has 2 heteroatoms. The number of aryl methyl sites for hydroxylation is 1. The summed E-state index contributed by atoms with van der Waals surface area (Å²) in [6.07, 6.45) is 6.90. The maximum atomic E-state index is 10.1. The van der Waals surface area contributed by atoms with Gasteiger partial charge in [0.25, 0.3) is 0 Å². The second-order valence-corrected chi connectivity index (χ2v) is 9.24. The molecule has 2 nitrogen and oxygen atoms in total. The van der Waals surface area contributed by atoms with Crippen molar-refractivity contribution in [1.82, 2.24) is 4.90 Å². The lowest BCUT2D eigenvalue weighted by Crippen LogP contribution is -2.58. The van der Waals surface area contributed by atoms with Gasteiger partial charge in [0.15, 0.2) is 0 Å². The van der Waals surface area contributed by atoms with Crippen LogP contribution in [-0.2, 0) is 11.8 Å². The largest absolute Gasteiger partial charge is 0.508 e. The van der Waals surface area contributed by atoms with Gasteiger partial charge >= 0.3 is 0 Å². The SMILES string of the molecule is C=C1CC[C@]2(C)CN(CCCc3ccccc3)CC[C@]2(c2cccc(O)c2)C1. The molecule has 2 fully saturated rings. The van der Waals surface area contributed by atoms with E-state index in [1.54, 1.807) is 6.07 Å². The molecule has 28 heavy (non-hydrogen) atoms. The van der Waals surface area contributed by atoms with Crippen LogP contribution in [0.4, 0.5) is 0 Å². The first-order valence-corrected chi connectivity index (χ1v) is 10.7. The Morgan fingerprint density at radius 1 is 1.07 bits per heavy atom. The first-order chi connectivity index (χ1) is 13.5. The predicted octanol–water partition coefficient (Wildman–Crippen LogP) is 5.71. The van der Waals surface area contributed by atoms with Crippen molar-refractivity contribution < 1.29 is 5.11 Å². The summed E-state index contributed by atoms with van der Waals surface area (Å²) in [6.45, 7) is 10.3. The first kappa shape index (κ1) is 19.3. The molecule has 0 unspecified atom stereocenters. The molecule has 2 aliphatic rings. The molecule has 0 radical (unpaired) electrons. The summed E-state index contributed by atoms with van der Waals surface area (Å²) in [7, 11) is 0. The van der Waals surface area contributed by atoms with E-state index < -0.39 is 0 Å². The Bertz CT molecular complexity index is 829. The monoisotopic (exact) mass is 375 g/mol. The molecule has 2 atom stereocenters. The zero-order valence-corrected chi connectivity index (χ0v) is 17.2. The van der Waals surface area contributed by atoms with E-state index >= 15 is 0 Å². The zero-order chi connectivity index (χ0) is 19.6. The van der Waals surface area contributed by atoms with Crippen LogP contribution in [0.1, 0.15) is 50.2 Å². The number of benzene rings is 2. The van der Waals surface area contributed by atoms with Gasteiger partial charge in [0.2, 0.25) is 0 Å². The third-order valence-corrected chi connectivity index (χ3v) is 7.35. The molecule has 1 aliphatic heterocycles. The van der Waals surface area contributed by atoms with Crippen LogP contribution in [0.25, 0.3) is 0 Å². The van der Waals surface area contributed by atoms with Crippen molar-refractivity contribution in [2.24, 2.45) is 5.41 Å². The second-order valence-electron chi connectivity index (χ2n) is 9.24. The molecule has 0 spiro atoms. The average molecular weight is 376 g/mol. The fourth-order valence-corrected chi connectivity index (χ4v) is 5.70. The van der Waals surface area contributed by atoms with E-state index in [9.17, 15) is 5.11 Å². The van der Waals surface area contributed by atoms with E-state index in [2.05, 4.69) is 54.8 Å². The number of aromatic hydroxyl groups is 1. The lowest BCUT2D eigenvalue weighted by molar-refractivity contribution is -0.00797. The Kier molecular flexibility index (Phi) is 5.33. The summed E-state index contributed by atoms with van der Waals surface area (Å²) in [4.78, 5) is 2.68. The van der Waals surface area contributed by atoms with Crippen LogP contribution >= 0.6 is 0 Å². The highest BCUT2D eigenvalue weighted by molar-refractivity contribution is 5.38. The van der Waals surface area contributed by atoms with Gasteiger partial charge in [0.1, 0.15) is 5.75 Å². The van der Waals surface area contributed by atoms with Crippen LogP contribution in [0, 0.1) is 5.41 Å². The minimum Gasteiger partial charge on any atom is -0.508 e. The van der Waals surface area contributed by atoms with E-state index in [0.29, 0.717) is 5.75 Å². The van der Waals surface area contributed by atoms with Crippen LogP contribution in [0.5, 0.6) is 5.75 Å². The molecule has 0 aromatic heterocycles. The quantitative estimate of drug-likeness (QED) is 0.676. The molecule has 148 valence electrons. The maximum absolute atomic E-state index is 10.1. The molecule has 1 saturated heterocycles. The van der Waals surface area contributed by atoms with Crippen LogP contribution in [0.15, 0.2) is 66.7 Å². The second kappa shape index (κ2) is 7.75. The van der Waals surface area contributed by atoms with Gasteiger partial charge < -0.3 is 10.0 Å². The number of rotatable bonds is 5. The summed E-state index contributed by atoms with van der Waals surface area (Å²) < 4.78 is 0. The van der Waals surface area contributed by atoms with Crippen molar-refractivity contribution in [2.45, 2.75) is 50.9 Å². The minimum atomic E-state index is 0.108. The van der Waals surface area contributed by atoms with Crippen molar-refractivity contribution in [3.05, 3.63) is 77.9 Å². The van der Waals surface area contributed by atoms with Crippen molar-refractivity contribution in [3.63, 3.8) is 0 Å². The minimum absolute atomic E-state index is 0.108. The number of nitrogens with zero attached hydrogens (tertiary/aromatic N) is 1. The van der Waals surface area contributed by atoms with E-state index in [-0.39, 0.29) is 10.8 Å². The Morgan fingerprint density at radius 3 is 2.68 bits per heavy atom. The molecule has 0 bridgehead atoms. The standard InChI is InChI=1S/C26H33NO/c1-21-13-14-25(2)20-27(16-7-10-22-8-4-3-5-9-22)17-15-26(25,19-21)23-11-6-12-24(28)18-23/h3-6,8-9,11-12,18,28H,1,7,10,13-17,19-20H2,2H3/t25-,26-/m1/s1. The number of hydrogen-bond acceptors (Lipinski definition) is 2. The topological polar surface area (TPSA) is 23.5 Å². The molecule has 1 heterocycles. The number of piperidine rings is 1. The summed E-state index contributed by atoms with van der Waals surface area (Å²) in [6, 6.07) is 18.8. The Morgan fingerprint density at radius 2 is 1.89 bits per heavy atom. The van der Waals surface area contributed by atoms with E-state index in [1.807, 2.05) is 12.1 Å². The Hall–Kier alpha value is -2.06. The lowest BCUT2D eigenvalue weighted by atomic mass is 9.50. The molecular weight excluding hydrogens is 342 g/mol. The smallest absolute Gasteiger partial charge is 0.115 e. The summed E-state index contributed by atoms with van der Waals surface area (Å²) >= 11 is 0. The van der Waals surface area contributed by atoms with Crippen molar-refractivity contribution in [2.75, 3.05) is 19.6 Å². The zero-order valence-electron chi connectivity index (χ0n) is 17.2. The van der Waals surface area contributed by atoms with Crippen molar-refractivity contribution in [1.29, 1.82) is 0 Å². The maximum Gasteiger partial charge on any atom is 0.115 e. The molecule has 0 amide bonds. The molecule has 2 aromatic carbocycles. The normalized spacial score (nSPS) is 28.1. The highest BCUT2D eigenvalue weighted by atomic mass is 16.3. The van der Waals surface area contributed by atoms with Gasteiger partial charge in [-0.05, 0) is 80.3 Å². The summed E-state index contributed by atoms with van der Waals surface area (Å²) in [5.74, 6) is 0.385. The Balaban J connectivity index is 1.50. The van der Waals surface area contributed by atoms with Crippen molar-refractivity contribution >= 4 is 0 Å². The van der Waals surface area contributed by atoms with Gasteiger partial charge in [-0.2, -0.15) is 0 Å². The summed E-state index contributed by atoms with van der Waals surface area (Å²) in [5, 5.41) is 10.1. The van der Waals surface area contributed by atoms with Gasteiger partial charge in [-0.15, -0.1) is 0 Å². The number of likely N-dealkylation sites (tertiary alicyclic amines) is 1. The number of fused-ring (bicyclic) bond motifs is 1. The van der Waals surface area contributed by atoms with Gasteiger partial charge in [0, 0.05) is 12.0 Å². The molecule has 2 aromatic rings. The molecular formula is C26H33NO. The molecule has 1 N–H and O–H groups in total. The highest BCUT2D eigenvalue weighted by Crippen LogP contribution is 2.57. The Labute approximate surface area is 169 Å². The molecule has 1 saturated carbocycles. The van der Waals surface area contributed by atoms with Crippen molar-refractivity contribution in [3.8, 4) is 5.75 Å². The molecule has 1 aliphatic carbocycles. The van der Waals surface area contributed by atoms with E-state index in [0.717, 1.165) is 38.8 Å². The van der Waals surface area contributed by atoms with Gasteiger partial charge in [0.05, 0.1) is 0 Å². The number of phenols is 1. The average Bonchev–Trinajstić information content (AvgIpc) is 2.69. The van der Waals surface area contributed by atoms with E-state index in [1.165, 1.54) is 36.1 Å². The number of phenolic OH excluding ortho intramolecular Hbond substituents is 1.